The molecule has 1 heterocycles. The van der Waals surface area contributed by atoms with Crippen LogP contribution in [0.1, 0.15) is 47.5 Å². The van der Waals surface area contributed by atoms with Gasteiger partial charge in [0, 0.05) is 13.1 Å². The quantitative estimate of drug-likeness (QED) is 0.779. The summed E-state index contributed by atoms with van der Waals surface area (Å²) in [5.41, 5.74) is -0.856. The summed E-state index contributed by atoms with van der Waals surface area (Å²) < 4.78 is 5.33. The van der Waals surface area contributed by atoms with Crippen molar-refractivity contribution >= 4 is 11.9 Å². The number of nitrogens with zero attached hydrogens (tertiary/aromatic N) is 2. The fourth-order valence-electron chi connectivity index (χ4n) is 2.55. The molecular formula is C15H24N2O3. The zero-order valence-electron chi connectivity index (χ0n) is 13.0. The fourth-order valence-corrected chi connectivity index (χ4v) is 2.55. The van der Waals surface area contributed by atoms with Gasteiger partial charge in [0.2, 0.25) is 0 Å². The molecule has 0 aromatic carbocycles. The summed E-state index contributed by atoms with van der Waals surface area (Å²) in [7, 11) is 0. The Kier molecular flexibility index (Phi) is 4.80. The maximum Gasteiger partial charge on any atom is 0.410 e. The molecule has 5 nitrogen and oxygen atoms in total. The molecule has 1 unspecified atom stereocenters. The van der Waals surface area contributed by atoms with Gasteiger partial charge in [0.15, 0.2) is 0 Å². The number of Topliss-reactive ketones (excluding diaryl/α,β-unsaturated/α-hetero) is 1. The van der Waals surface area contributed by atoms with E-state index in [1.54, 1.807) is 4.90 Å². The van der Waals surface area contributed by atoms with Crippen LogP contribution in [0.3, 0.4) is 0 Å². The maximum absolute atomic E-state index is 12.0. The summed E-state index contributed by atoms with van der Waals surface area (Å²) in [6, 6.07) is 2.11. The highest BCUT2D eigenvalue weighted by atomic mass is 16.6. The Morgan fingerprint density at radius 2 is 1.80 bits per heavy atom. The highest BCUT2D eigenvalue weighted by molar-refractivity contribution is 5.81. The molecule has 0 spiro atoms. The zero-order chi connectivity index (χ0) is 15.6. The molecule has 20 heavy (non-hydrogen) atoms. The van der Waals surface area contributed by atoms with Crippen LogP contribution in [0.15, 0.2) is 0 Å². The van der Waals surface area contributed by atoms with Crippen LogP contribution in [0.5, 0.6) is 0 Å². The minimum atomic E-state index is -0.594. The van der Waals surface area contributed by atoms with Gasteiger partial charge in [-0.05, 0) is 46.0 Å². The van der Waals surface area contributed by atoms with E-state index in [1.807, 2.05) is 27.7 Å². The third kappa shape index (κ3) is 3.96. The van der Waals surface area contributed by atoms with Crippen LogP contribution in [-0.4, -0.2) is 35.5 Å². The number of hydrogen-bond donors (Lipinski definition) is 0. The van der Waals surface area contributed by atoms with Crippen LogP contribution in [0.25, 0.3) is 0 Å². The van der Waals surface area contributed by atoms with Crippen LogP contribution < -0.4 is 0 Å². The molecular weight excluding hydrogens is 256 g/mol. The molecule has 0 radical (unpaired) electrons. The van der Waals surface area contributed by atoms with E-state index in [9.17, 15) is 9.59 Å². The van der Waals surface area contributed by atoms with E-state index < -0.39 is 11.5 Å². The topological polar surface area (TPSA) is 70.4 Å². The van der Waals surface area contributed by atoms with Gasteiger partial charge < -0.3 is 9.64 Å². The molecule has 1 aliphatic rings. The normalized spacial score (nSPS) is 19.9. The van der Waals surface area contributed by atoms with Crippen LogP contribution in [0.4, 0.5) is 4.79 Å². The van der Waals surface area contributed by atoms with E-state index in [-0.39, 0.29) is 17.3 Å². The lowest BCUT2D eigenvalue weighted by atomic mass is 9.69. The van der Waals surface area contributed by atoms with E-state index in [1.165, 1.54) is 6.92 Å². The molecule has 5 heteroatoms. The molecule has 0 saturated carbocycles. The summed E-state index contributed by atoms with van der Waals surface area (Å²) in [6.45, 7) is 9.96. The van der Waals surface area contributed by atoms with Crippen molar-refractivity contribution in [3.05, 3.63) is 0 Å². The summed E-state index contributed by atoms with van der Waals surface area (Å²) in [5.74, 6) is -0.691. The number of likely N-dealkylation sites (tertiary alicyclic amines) is 1. The lowest BCUT2D eigenvalue weighted by Gasteiger charge is -2.41. The van der Waals surface area contributed by atoms with Crippen molar-refractivity contribution in [1.29, 1.82) is 5.26 Å². The first-order valence-electron chi connectivity index (χ1n) is 6.97. The van der Waals surface area contributed by atoms with Gasteiger partial charge >= 0.3 is 6.09 Å². The second-order valence-corrected chi connectivity index (χ2v) is 6.79. The van der Waals surface area contributed by atoms with Crippen LogP contribution in [0, 0.1) is 22.7 Å². The van der Waals surface area contributed by atoms with Gasteiger partial charge in [0.05, 0.1) is 6.07 Å². The summed E-state index contributed by atoms with van der Waals surface area (Å²) in [6.07, 6.45) is 0.963. The second kappa shape index (κ2) is 5.82. The Labute approximate surface area is 120 Å². The predicted octanol–water partition coefficient (Wildman–Crippen LogP) is 2.75. The van der Waals surface area contributed by atoms with Crippen molar-refractivity contribution in [1.82, 2.24) is 4.90 Å². The average molecular weight is 280 g/mol. The molecule has 0 bridgehead atoms. The molecule has 1 amide bonds. The van der Waals surface area contributed by atoms with Crippen LogP contribution in [-0.2, 0) is 9.53 Å². The third-order valence-corrected chi connectivity index (χ3v) is 3.79. The molecule has 0 N–H and O–H groups in total. The van der Waals surface area contributed by atoms with Crippen molar-refractivity contribution in [2.45, 2.75) is 53.1 Å². The van der Waals surface area contributed by atoms with E-state index in [0.29, 0.717) is 25.9 Å². The van der Waals surface area contributed by atoms with E-state index >= 15 is 0 Å². The number of hydrogen-bond acceptors (Lipinski definition) is 4. The molecule has 1 aliphatic heterocycles. The highest BCUT2D eigenvalue weighted by Crippen LogP contribution is 2.39. The first-order chi connectivity index (χ1) is 9.09. The number of amides is 1. The van der Waals surface area contributed by atoms with Crippen LogP contribution >= 0.6 is 0 Å². The SMILES string of the molecule is CC(=O)C(C#N)C1(C)CCN(C(=O)OC(C)(C)C)CC1. The average Bonchev–Trinajstić information content (AvgIpc) is 2.27. The Morgan fingerprint density at radius 1 is 1.30 bits per heavy atom. The lowest BCUT2D eigenvalue weighted by molar-refractivity contribution is -0.123. The Morgan fingerprint density at radius 3 is 2.15 bits per heavy atom. The smallest absolute Gasteiger partial charge is 0.410 e. The standard InChI is InChI=1S/C15H24N2O3/c1-11(18)12(10-16)15(5)6-8-17(9-7-15)13(19)20-14(2,3)4/h12H,6-9H2,1-5H3. The van der Waals surface area contributed by atoms with E-state index in [0.717, 1.165) is 0 Å². The predicted molar refractivity (Wildman–Crippen MR) is 74.9 cm³/mol. The Bertz CT molecular complexity index is 423. The second-order valence-electron chi connectivity index (χ2n) is 6.79. The van der Waals surface area contributed by atoms with Crippen LogP contribution in [0.2, 0.25) is 0 Å². The molecule has 1 atom stereocenters. The maximum atomic E-state index is 12.0. The number of rotatable bonds is 2. The molecule has 0 aliphatic carbocycles. The number of carbonyl (C=O) groups excluding carboxylic acids is 2. The van der Waals surface area contributed by atoms with Gasteiger partial charge in [-0.15, -0.1) is 0 Å². The first kappa shape index (κ1) is 16.5. The number of piperidine rings is 1. The zero-order valence-corrected chi connectivity index (χ0v) is 13.0. The third-order valence-electron chi connectivity index (χ3n) is 3.79. The molecule has 1 fully saturated rings. The van der Waals surface area contributed by atoms with Gasteiger partial charge in [-0.3, -0.25) is 4.79 Å². The fraction of sp³-hybridized carbons (Fsp3) is 0.800. The van der Waals surface area contributed by atoms with Gasteiger partial charge in [-0.2, -0.15) is 5.26 Å². The van der Waals surface area contributed by atoms with Crippen molar-refractivity contribution in [2.75, 3.05) is 13.1 Å². The summed E-state index contributed by atoms with van der Waals surface area (Å²) >= 11 is 0. The Hall–Kier alpha value is -1.57. The van der Waals surface area contributed by atoms with Crippen molar-refractivity contribution in [3.63, 3.8) is 0 Å². The molecule has 112 valence electrons. The summed E-state index contributed by atoms with van der Waals surface area (Å²) in [5, 5.41) is 9.17. The number of ether oxygens (including phenoxy) is 1. The minimum Gasteiger partial charge on any atom is -0.444 e. The van der Waals surface area contributed by atoms with Gasteiger partial charge in [-0.1, -0.05) is 6.92 Å². The summed E-state index contributed by atoms with van der Waals surface area (Å²) in [4.78, 5) is 25.2. The molecule has 1 rings (SSSR count). The van der Waals surface area contributed by atoms with Crippen molar-refractivity contribution in [2.24, 2.45) is 11.3 Å². The highest BCUT2D eigenvalue weighted by Gasteiger charge is 2.41. The monoisotopic (exact) mass is 280 g/mol. The van der Waals surface area contributed by atoms with Gasteiger partial charge in [0.1, 0.15) is 17.3 Å². The lowest BCUT2D eigenvalue weighted by Crippen LogP contribution is -2.47. The minimum absolute atomic E-state index is 0.0966. The van der Waals surface area contributed by atoms with E-state index in [4.69, 9.17) is 10.00 Å². The largest absolute Gasteiger partial charge is 0.444 e. The molecule has 0 aromatic rings. The number of nitriles is 1. The van der Waals surface area contributed by atoms with Crippen molar-refractivity contribution in [3.8, 4) is 6.07 Å². The number of ketones is 1. The number of carbonyl (C=O) groups is 2. The van der Waals surface area contributed by atoms with E-state index in [2.05, 4.69) is 6.07 Å². The Balaban J connectivity index is 2.66. The van der Waals surface area contributed by atoms with Gasteiger partial charge in [-0.25, -0.2) is 4.79 Å². The molecule has 0 aromatic heterocycles. The van der Waals surface area contributed by atoms with Crippen molar-refractivity contribution < 1.29 is 14.3 Å². The van der Waals surface area contributed by atoms with Gasteiger partial charge in [0.25, 0.3) is 0 Å². The molecule has 1 saturated heterocycles. The first-order valence-corrected chi connectivity index (χ1v) is 6.97.